The Balaban J connectivity index is 2.88. The fourth-order valence-electron chi connectivity index (χ4n) is 2.40. The third-order valence-corrected chi connectivity index (χ3v) is 3.47. The third-order valence-electron chi connectivity index (χ3n) is 3.47. The van der Waals surface area contributed by atoms with Gasteiger partial charge in [0.2, 0.25) is 5.91 Å². The number of alkyl carbamates (subject to hydrolysis) is 1. The van der Waals surface area contributed by atoms with Crippen LogP contribution in [0.1, 0.15) is 27.2 Å². The number of amides is 2. The van der Waals surface area contributed by atoms with Crippen molar-refractivity contribution >= 4 is 18.0 Å². The van der Waals surface area contributed by atoms with E-state index >= 15 is 0 Å². The van der Waals surface area contributed by atoms with Crippen LogP contribution < -0.4 is 5.32 Å². The van der Waals surface area contributed by atoms with E-state index in [2.05, 4.69) is 10.1 Å². The molecular weight excluding hydrogens is 264 g/mol. The predicted octanol–water partition coefficient (Wildman–Crippen LogP) is 0.689. The SMILES string of the molecule is COC(=O)NC(C(=O)N1C[C@@H](C)C[C@H]1C(=O)O)C(C)C. The Hall–Kier alpha value is -1.79. The van der Waals surface area contributed by atoms with E-state index in [1.54, 1.807) is 13.8 Å². The van der Waals surface area contributed by atoms with Gasteiger partial charge in [0.25, 0.3) is 0 Å². The fourth-order valence-corrected chi connectivity index (χ4v) is 2.40. The molecule has 1 unspecified atom stereocenters. The maximum atomic E-state index is 12.5. The number of methoxy groups -OCH3 is 1. The molecule has 0 aromatic rings. The molecule has 7 heteroatoms. The number of aliphatic carboxylic acids is 1. The van der Waals surface area contributed by atoms with E-state index in [-0.39, 0.29) is 17.7 Å². The van der Waals surface area contributed by atoms with Gasteiger partial charge in [0.05, 0.1) is 7.11 Å². The lowest BCUT2D eigenvalue weighted by Gasteiger charge is -2.29. The van der Waals surface area contributed by atoms with Gasteiger partial charge in [-0.1, -0.05) is 20.8 Å². The summed E-state index contributed by atoms with van der Waals surface area (Å²) in [6, 6.07) is -1.60. The molecule has 114 valence electrons. The highest BCUT2D eigenvalue weighted by atomic mass is 16.5. The number of likely N-dealkylation sites (tertiary alicyclic amines) is 1. The lowest BCUT2D eigenvalue weighted by atomic mass is 10.0. The molecule has 0 bridgehead atoms. The molecule has 20 heavy (non-hydrogen) atoms. The van der Waals surface area contributed by atoms with Crippen molar-refractivity contribution in [1.29, 1.82) is 0 Å². The van der Waals surface area contributed by atoms with Gasteiger partial charge in [-0.3, -0.25) is 4.79 Å². The van der Waals surface area contributed by atoms with Gasteiger partial charge < -0.3 is 20.1 Å². The van der Waals surface area contributed by atoms with Crippen molar-refractivity contribution in [3.05, 3.63) is 0 Å². The quantitative estimate of drug-likeness (QED) is 0.792. The molecule has 0 aliphatic carbocycles. The summed E-state index contributed by atoms with van der Waals surface area (Å²) in [5.41, 5.74) is 0. The maximum absolute atomic E-state index is 12.5. The van der Waals surface area contributed by atoms with Gasteiger partial charge >= 0.3 is 12.1 Å². The molecule has 0 aromatic heterocycles. The molecular formula is C13H22N2O5. The average Bonchev–Trinajstić information content (AvgIpc) is 2.76. The maximum Gasteiger partial charge on any atom is 0.407 e. The number of ether oxygens (including phenoxy) is 1. The summed E-state index contributed by atoms with van der Waals surface area (Å²) < 4.78 is 4.50. The summed E-state index contributed by atoms with van der Waals surface area (Å²) in [7, 11) is 1.22. The molecule has 3 atom stereocenters. The number of hydrogen-bond donors (Lipinski definition) is 2. The van der Waals surface area contributed by atoms with Crippen LogP contribution in [0.2, 0.25) is 0 Å². The van der Waals surface area contributed by atoms with Crippen molar-refractivity contribution < 1.29 is 24.2 Å². The number of carbonyl (C=O) groups excluding carboxylic acids is 2. The molecule has 2 amide bonds. The van der Waals surface area contributed by atoms with Crippen molar-refractivity contribution in [3.63, 3.8) is 0 Å². The average molecular weight is 286 g/mol. The zero-order chi connectivity index (χ0) is 15.4. The van der Waals surface area contributed by atoms with Crippen molar-refractivity contribution in [1.82, 2.24) is 10.2 Å². The normalized spacial score (nSPS) is 23.6. The van der Waals surface area contributed by atoms with E-state index in [4.69, 9.17) is 0 Å². The first kappa shape index (κ1) is 16.3. The van der Waals surface area contributed by atoms with E-state index in [1.165, 1.54) is 12.0 Å². The highest BCUT2D eigenvalue weighted by Crippen LogP contribution is 2.24. The van der Waals surface area contributed by atoms with E-state index in [0.717, 1.165) is 0 Å². The van der Waals surface area contributed by atoms with Crippen LogP contribution in [0.25, 0.3) is 0 Å². The Morgan fingerprint density at radius 2 is 1.95 bits per heavy atom. The predicted molar refractivity (Wildman–Crippen MR) is 71.1 cm³/mol. The van der Waals surface area contributed by atoms with Crippen LogP contribution in [0.3, 0.4) is 0 Å². The molecule has 1 aliphatic rings. The standard InChI is InChI=1S/C13H22N2O5/c1-7(2)10(14-13(19)20-4)11(16)15-6-8(3)5-9(15)12(17)18/h7-10H,5-6H2,1-4H3,(H,14,19)(H,17,18)/t8-,9-,10?/m0/s1. The van der Waals surface area contributed by atoms with Gasteiger partial charge in [-0.25, -0.2) is 9.59 Å². The van der Waals surface area contributed by atoms with Crippen LogP contribution in [0.5, 0.6) is 0 Å². The minimum absolute atomic E-state index is 0.131. The number of nitrogens with one attached hydrogen (secondary N) is 1. The highest BCUT2D eigenvalue weighted by molar-refractivity contribution is 5.90. The van der Waals surface area contributed by atoms with Gasteiger partial charge in [0.1, 0.15) is 12.1 Å². The first-order valence-electron chi connectivity index (χ1n) is 6.65. The summed E-state index contributed by atoms with van der Waals surface area (Å²) in [5, 5.41) is 11.7. The number of carboxylic acids is 1. The van der Waals surface area contributed by atoms with Crippen LogP contribution in [0.15, 0.2) is 0 Å². The smallest absolute Gasteiger partial charge is 0.407 e. The van der Waals surface area contributed by atoms with E-state index < -0.39 is 24.1 Å². The molecule has 7 nitrogen and oxygen atoms in total. The molecule has 1 heterocycles. The summed E-state index contributed by atoms with van der Waals surface area (Å²) in [4.78, 5) is 36.4. The number of hydrogen-bond acceptors (Lipinski definition) is 4. The number of nitrogens with zero attached hydrogens (tertiary/aromatic N) is 1. The van der Waals surface area contributed by atoms with Crippen molar-refractivity contribution in [2.45, 2.75) is 39.3 Å². The Morgan fingerprint density at radius 3 is 2.40 bits per heavy atom. The van der Waals surface area contributed by atoms with Crippen molar-refractivity contribution in [2.75, 3.05) is 13.7 Å². The molecule has 0 spiro atoms. The highest BCUT2D eigenvalue weighted by Gasteiger charge is 2.41. The van der Waals surface area contributed by atoms with Crippen molar-refractivity contribution in [3.8, 4) is 0 Å². The number of carbonyl (C=O) groups is 3. The second-order valence-electron chi connectivity index (χ2n) is 5.54. The van der Waals surface area contributed by atoms with Gasteiger partial charge in [0.15, 0.2) is 0 Å². The minimum Gasteiger partial charge on any atom is -0.480 e. The second-order valence-corrected chi connectivity index (χ2v) is 5.54. The molecule has 2 N–H and O–H groups in total. The van der Waals surface area contributed by atoms with Crippen LogP contribution in [-0.4, -0.2) is 53.7 Å². The zero-order valence-electron chi connectivity index (χ0n) is 12.3. The topological polar surface area (TPSA) is 95.9 Å². The molecule has 1 saturated heterocycles. The first-order valence-corrected chi connectivity index (χ1v) is 6.65. The largest absolute Gasteiger partial charge is 0.480 e. The zero-order valence-corrected chi connectivity index (χ0v) is 12.3. The summed E-state index contributed by atoms with van der Waals surface area (Å²) >= 11 is 0. The van der Waals surface area contributed by atoms with Crippen LogP contribution >= 0.6 is 0 Å². The summed E-state index contributed by atoms with van der Waals surface area (Å²) in [6.07, 6.45) is -0.263. The summed E-state index contributed by atoms with van der Waals surface area (Å²) in [5.74, 6) is -1.41. The van der Waals surface area contributed by atoms with Gasteiger partial charge in [-0.05, 0) is 18.3 Å². The van der Waals surface area contributed by atoms with Gasteiger partial charge in [-0.2, -0.15) is 0 Å². The molecule has 0 radical (unpaired) electrons. The molecule has 0 aromatic carbocycles. The van der Waals surface area contributed by atoms with E-state index in [9.17, 15) is 19.5 Å². The van der Waals surface area contributed by atoms with Gasteiger partial charge in [-0.15, -0.1) is 0 Å². The lowest BCUT2D eigenvalue weighted by Crippen LogP contribution is -2.53. The second kappa shape index (κ2) is 6.58. The monoisotopic (exact) mass is 286 g/mol. The Bertz CT molecular complexity index is 396. The number of carboxylic acid groups (broad SMARTS) is 1. The molecule has 1 fully saturated rings. The summed E-state index contributed by atoms with van der Waals surface area (Å²) in [6.45, 7) is 5.87. The molecule has 0 saturated carbocycles. The van der Waals surface area contributed by atoms with E-state index in [1.807, 2.05) is 6.92 Å². The lowest BCUT2D eigenvalue weighted by molar-refractivity contribution is -0.149. The third kappa shape index (κ3) is 3.61. The minimum atomic E-state index is -1.01. The first-order chi connectivity index (χ1) is 9.27. The fraction of sp³-hybridized carbons (Fsp3) is 0.769. The van der Waals surface area contributed by atoms with Crippen molar-refractivity contribution in [2.24, 2.45) is 11.8 Å². The Kier molecular flexibility index (Phi) is 5.35. The molecule has 1 aliphatic heterocycles. The van der Waals surface area contributed by atoms with E-state index in [0.29, 0.717) is 13.0 Å². The van der Waals surface area contributed by atoms with Crippen LogP contribution in [0, 0.1) is 11.8 Å². The Labute approximate surface area is 118 Å². The van der Waals surface area contributed by atoms with Crippen LogP contribution in [0.4, 0.5) is 4.79 Å². The molecule has 1 rings (SSSR count). The van der Waals surface area contributed by atoms with Crippen LogP contribution in [-0.2, 0) is 14.3 Å². The number of rotatable bonds is 4. The van der Waals surface area contributed by atoms with Gasteiger partial charge in [0, 0.05) is 6.54 Å². The Morgan fingerprint density at radius 1 is 1.35 bits per heavy atom.